The highest BCUT2D eigenvalue weighted by Crippen LogP contribution is 2.41. The van der Waals surface area contributed by atoms with Gasteiger partial charge in [0.2, 0.25) is 6.41 Å². The lowest BCUT2D eigenvalue weighted by Gasteiger charge is -2.23. The number of nitriles is 1. The number of thiophene rings is 1. The van der Waals surface area contributed by atoms with Crippen LogP contribution in [0.2, 0.25) is 0 Å². The van der Waals surface area contributed by atoms with Crippen LogP contribution >= 0.6 is 11.3 Å². The molecular formula is C25H25F2N3O2S. The average molecular weight is 470 g/mol. The number of aromatic hydroxyl groups is 1. The number of benzene rings is 2. The molecule has 1 atom stereocenters. The van der Waals surface area contributed by atoms with Gasteiger partial charge in [-0.2, -0.15) is 5.26 Å². The van der Waals surface area contributed by atoms with Gasteiger partial charge in [-0.3, -0.25) is 4.79 Å². The van der Waals surface area contributed by atoms with Crippen molar-refractivity contribution in [1.82, 2.24) is 10.2 Å². The van der Waals surface area contributed by atoms with E-state index in [0.29, 0.717) is 24.1 Å². The fraction of sp³-hybridized carbons (Fsp3) is 0.280. The summed E-state index contributed by atoms with van der Waals surface area (Å²) in [6.07, 6.45) is 3.12. The molecule has 3 rings (SSSR count). The number of carbonyl (C=O) groups is 1. The Morgan fingerprint density at radius 3 is 2.52 bits per heavy atom. The zero-order chi connectivity index (χ0) is 24.0. The van der Waals surface area contributed by atoms with Gasteiger partial charge in [-0.25, -0.2) is 8.78 Å². The van der Waals surface area contributed by atoms with E-state index in [1.54, 1.807) is 12.1 Å². The van der Waals surface area contributed by atoms with Crippen molar-refractivity contribution in [3.63, 3.8) is 0 Å². The number of nitrogens with zero attached hydrogens (tertiary/aromatic N) is 2. The highest BCUT2D eigenvalue weighted by Gasteiger charge is 2.19. The summed E-state index contributed by atoms with van der Waals surface area (Å²) in [4.78, 5) is 14.4. The number of phenols is 1. The minimum Gasteiger partial charge on any atom is -0.505 e. The first-order valence-corrected chi connectivity index (χ1v) is 11.3. The van der Waals surface area contributed by atoms with E-state index in [2.05, 4.69) is 10.2 Å². The minimum absolute atomic E-state index is 0.0389. The van der Waals surface area contributed by atoms with E-state index in [-0.39, 0.29) is 11.6 Å². The molecular weight excluding hydrogens is 444 g/mol. The standard InChI is InChI=1S/C25H25F2N3O2S/c1-30(2)19(4-3-9-29-15-31)12-20-13-21(16-5-6-18(14-28)22(26)10-16)25(33-20)17-7-8-24(32)23(27)11-17/h5-8,10-11,13,15,19,32H,3-4,9,12H2,1-2H3,(H,29,31). The van der Waals surface area contributed by atoms with Crippen LogP contribution in [0, 0.1) is 23.0 Å². The molecule has 0 bridgehead atoms. The maximum atomic E-state index is 14.4. The quantitative estimate of drug-likeness (QED) is 0.326. The fourth-order valence-electron chi connectivity index (χ4n) is 3.67. The molecule has 0 aliphatic carbocycles. The molecule has 33 heavy (non-hydrogen) atoms. The molecule has 5 nitrogen and oxygen atoms in total. The summed E-state index contributed by atoms with van der Waals surface area (Å²) in [7, 11) is 4.00. The molecule has 2 aromatic carbocycles. The van der Waals surface area contributed by atoms with Crippen molar-refractivity contribution < 1.29 is 18.7 Å². The number of hydrogen-bond acceptors (Lipinski definition) is 5. The summed E-state index contributed by atoms with van der Waals surface area (Å²) >= 11 is 1.49. The van der Waals surface area contributed by atoms with Crippen LogP contribution in [0.1, 0.15) is 23.3 Å². The summed E-state index contributed by atoms with van der Waals surface area (Å²) in [5.74, 6) is -1.77. The third-order valence-electron chi connectivity index (χ3n) is 5.50. The average Bonchev–Trinajstić information content (AvgIpc) is 3.21. The molecule has 2 N–H and O–H groups in total. The third kappa shape index (κ3) is 5.95. The van der Waals surface area contributed by atoms with Gasteiger partial charge in [-0.1, -0.05) is 6.07 Å². The number of rotatable bonds is 10. The topological polar surface area (TPSA) is 76.4 Å². The van der Waals surface area contributed by atoms with Gasteiger partial charge < -0.3 is 15.3 Å². The van der Waals surface area contributed by atoms with Gasteiger partial charge in [0.1, 0.15) is 11.9 Å². The predicted octanol–water partition coefficient (Wildman–Crippen LogP) is 4.94. The van der Waals surface area contributed by atoms with E-state index < -0.39 is 17.4 Å². The van der Waals surface area contributed by atoms with Gasteiger partial charge >= 0.3 is 0 Å². The fourth-order valence-corrected chi connectivity index (χ4v) is 4.91. The molecule has 0 fully saturated rings. The summed E-state index contributed by atoms with van der Waals surface area (Å²) in [6, 6.07) is 12.7. The van der Waals surface area contributed by atoms with Gasteiger partial charge in [0, 0.05) is 27.9 Å². The Bertz CT molecular complexity index is 1170. The van der Waals surface area contributed by atoms with Crippen molar-refractivity contribution in [2.24, 2.45) is 0 Å². The Morgan fingerprint density at radius 1 is 1.15 bits per heavy atom. The zero-order valence-electron chi connectivity index (χ0n) is 18.4. The van der Waals surface area contributed by atoms with Crippen LogP contribution in [0.4, 0.5) is 8.78 Å². The van der Waals surface area contributed by atoms with Crippen molar-refractivity contribution in [2.75, 3.05) is 20.6 Å². The van der Waals surface area contributed by atoms with Gasteiger partial charge in [-0.05, 0) is 80.9 Å². The van der Waals surface area contributed by atoms with Crippen LogP contribution in [0.15, 0.2) is 42.5 Å². The number of amides is 1. The molecule has 1 amide bonds. The van der Waals surface area contributed by atoms with Gasteiger partial charge in [0.05, 0.1) is 5.56 Å². The van der Waals surface area contributed by atoms with E-state index in [1.165, 1.54) is 35.6 Å². The van der Waals surface area contributed by atoms with Crippen LogP contribution in [0.5, 0.6) is 5.75 Å². The number of phenolic OH excluding ortho intramolecular Hbond substituents is 1. The second-order valence-electron chi connectivity index (χ2n) is 7.96. The van der Waals surface area contributed by atoms with Gasteiger partial charge in [-0.15, -0.1) is 11.3 Å². The second kappa shape index (κ2) is 11.0. The monoisotopic (exact) mass is 469 g/mol. The lowest BCUT2D eigenvalue weighted by molar-refractivity contribution is -0.109. The first-order chi connectivity index (χ1) is 15.8. The normalized spacial score (nSPS) is 11.9. The molecule has 1 aromatic heterocycles. The predicted molar refractivity (Wildman–Crippen MR) is 126 cm³/mol. The molecule has 0 saturated heterocycles. The van der Waals surface area contributed by atoms with E-state index in [9.17, 15) is 18.7 Å². The van der Waals surface area contributed by atoms with Crippen molar-refractivity contribution >= 4 is 17.7 Å². The zero-order valence-corrected chi connectivity index (χ0v) is 19.3. The molecule has 8 heteroatoms. The Kier molecular flexibility index (Phi) is 8.15. The molecule has 0 radical (unpaired) electrons. The van der Waals surface area contributed by atoms with Crippen molar-refractivity contribution in [1.29, 1.82) is 5.26 Å². The maximum Gasteiger partial charge on any atom is 0.207 e. The van der Waals surface area contributed by atoms with Crippen LogP contribution in [-0.4, -0.2) is 43.1 Å². The first kappa shape index (κ1) is 24.4. The van der Waals surface area contributed by atoms with Crippen molar-refractivity contribution in [3.05, 3.63) is 64.5 Å². The first-order valence-electron chi connectivity index (χ1n) is 10.5. The lowest BCUT2D eigenvalue weighted by atomic mass is 9.99. The highest BCUT2D eigenvalue weighted by molar-refractivity contribution is 7.16. The van der Waals surface area contributed by atoms with Crippen molar-refractivity contribution in [3.8, 4) is 33.4 Å². The Labute approximate surface area is 195 Å². The van der Waals surface area contributed by atoms with Gasteiger partial charge in [0.25, 0.3) is 0 Å². The maximum absolute atomic E-state index is 14.4. The number of hydrogen-bond donors (Lipinski definition) is 2. The molecule has 172 valence electrons. The molecule has 3 aromatic rings. The van der Waals surface area contributed by atoms with Gasteiger partial charge in [0.15, 0.2) is 11.6 Å². The van der Waals surface area contributed by atoms with Crippen LogP contribution in [0.25, 0.3) is 21.6 Å². The summed E-state index contributed by atoms with van der Waals surface area (Å²) < 4.78 is 28.5. The molecule has 1 unspecified atom stereocenters. The number of halogens is 2. The van der Waals surface area contributed by atoms with E-state index in [0.717, 1.165) is 34.6 Å². The summed E-state index contributed by atoms with van der Waals surface area (Å²) in [6.45, 7) is 0.603. The summed E-state index contributed by atoms with van der Waals surface area (Å²) in [5.41, 5.74) is 1.87. The van der Waals surface area contributed by atoms with E-state index in [4.69, 9.17) is 5.26 Å². The lowest BCUT2D eigenvalue weighted by Crippen LogP contribution is -2.30. The van der Waals surface area contributed by atoms with Crippen LogP contribution in [0.3, 0.4) is 0 Å². The number of nitrogens with one attached hydrogen (secondary N) is 1. The summed E-state index contributed by atoms with van der Waals surface area (Å²) in [5, 5.41) is 21.3. The SMILES string of the molecule is CN(C)C(CCCNC=O)Cc1cc(-c2ccc(C#N)c(F)c2)c(-c2ccc(O)c(F)c2)s1. The molecule has 0 saturated carbocycles. The van der Waals surface area contributed by atoms with Crippen molar-refractivity contribution in [2.45, 2.75) is 25.3 Å². The molecule has 0 aliphatic heterocycles. The Hall–Kier alpha value is -3.28. The minimum atomic E-state index is -0.728. The third-order valence-corrected chi connectivity index (χ3v) is 6.71. The highest BCUT2D eigenvalue weighted by atomic mass is 32.1. The van der Waals surface area contributed by atoms with E-state index >= 15 is 0 Å². The second-order valence-corrected chi connectivity index (χ2v) is 9.10. The largest absolute Gasteiger partial charge is 0.505 e. The van der Waals surface area contributed by atoms with E-state index in [1.807, 2.05) is 26.2 Å². The molecule has 0 aliphatic rings. The number of likely N-dealkylation sites (N-methyl/N-ethyl adjacent to an activating group) is 1. The Morgan fingerprint density at radius 2 is 1.88 bits per heavy atom. The number of carbonyl (C=O) groups excluding carboxylic acids is 1. The molecule has 1 heterocycles. The Balaban J connectivity index is 2.00. The smallest absolute Gasteiger partial charge is 0.207 e. The van der Waals surface area contributed by atoms with Crippen LogP contribution in [-0.2, 0) is 11.2 Å². The van der Waals surface area contributed by atoms with Crippen LogP contribution < -0.4 is 5.32 Å². The molecule has 0 spiro atoms.